The van der Waals surface area contributed by atoms with Crippen LogP contribution in [0, 0.1) is 11.3 Å². The van der Waals surface area contributed by atoms with Gasteiger partial charge in [-0.25, -0.2) is 4.79 Å². The Hall–Kier alpha value is -1.77. The lowest BCUT2D eigenvalue weighted by molar-refractivity contribution is -0.129. The molecule has 0 aliphatic rings. The minimum atomic E-state index is -0.516. The van der Waals surface area contributed by atoms with Crippen LogP contribution in [0.3, 0.4) is 0 Å². The maximum atomic E-state index is 11.6. The molecule has 0 radical (unpaired) electrons. The molecule has 0 saturated heterocycles. The number of nitriles is 1. The average molecular weight is 269 g/mol. The number of hydrogen-bond acceptors (Lipinski definition) is 4. The number of nitrogens with zero attached hydrogens (tertiary/aromatic N) is 2. The molecule has 108 valence electrons. The first-order valence-electron chi connectivity index (χ1n) is 6.34. The fourth-order valence-corrected chi connectivity index (χ4v) is 1.28. The number of ether oxygens (including phenoxy) is 1. The molecule has 1 N–H and O–H groups in total. The van der Waals surface area contributed by atoms with Crippen molar-refractivity contribution in [1.29, 1.82) is 5.26 Å². The monoisotopic (exact) mass is 269 g/mol. The summed E-state index contributed by atoms with van der Waals surface area (Å²) in [6, 6.07) is 1.99. The third-order valence-corrected chi connectivity index (χ3v) is 2.22. The summed E-state index contributed by atoms with van der Waals surface area (Å²) < 4.78 is 5.06. The van der Waals surface area contributed by atoms with Gasteiger partial charge in [0, 0.05) is 26.6 Å². The Labute approximate surface area is 114 Å². The average Bonchev–Trinajstić information content (AvgIpc) is 2.29. The van der Waals surface area contributed by atoms with Crippen molar-refractivity contribution in [2.24, 2.45) is 0 Å². The van der Waals surface area contributed by atoms with Crippen LogP contribution in [0.15, 0.2) is 0 Å². The van der Waals surface area contributed by atoms with E-state index >= 15 is 0 Å². The Morgan fingerprint density at radius 1 is 1.37 bits per heavy atom. The van der Waals surface area contributed by atoms with Crippen molar-refractivity contribution in [3.63, 3.8) is 0 Å². The molecule has 0 aliphatic carbocycles. The summed E-state index contributed by atoms with van der Waals surface area (Å²) in [6.45, 7) is 6.21. The van der Waals surface area contributed by atoms with E-state index in [1.165, 1.54) is 4.90 Å². The van der Waals surface area contributed by atoms with Crippen LogP contribution in [0.4, 0.5) is 4.79 Å². The highest BCUT2D eigenvalue weighted by Gasteiger charge is 2.15. The van der Waals surface area contributed by atoms with Crippen LogP contribution in [0.25, 0.3) is 0 Å². The summed E-state index contributed by atoms with van der Waals surface area (Å²) in [5, 5.41) is 11.0. The molecule has 0 aliphatic heterocycles. The van der Waals surface area contributed by atoms with Gasteiger partial charge in [-0.15, -0.1) is 0 Å². The second-order valence-corrected chi connectivity index (χ2v) is 5.26. The molecule has 0 saturated carbocycles. The summed E-state index contributed by atoms with van der Waals surface area (Å²) >= 11 is 0. The second kappa shape index (κ2) is 8.35. The van der Waals surface area contributed by atoms with Gasteiger partial charge >= 0.3 is 6.09 Å². The van der Waals surface area contributed by atoms with Gasteiger partial charge in [0.15, 0.2) is 0 Å². The Bertz CT molecular complexity index is 342. The van der Waals surface area contributed by atoms with E-state index in [0.717, 1.165) is 0 Å². The quantitative estimate of drug-likeness (QED) is 0.743. The van der Waals surface area contributed by atoms with Crippen LogP contribution in [-0.2, 0) is 9.53 Å². The summed E-state index contributed by atoms with van der Waals surface area (Å²) in [5.41, 5.74) is -0.516. The molecule has 0 bridgehead atoms. The lowest BCUT2D eigenvalue weighted by Gasteiger charge is -2.19. The normalized spacial score (nSPS) is 10.5. The number of alkyl carbamates (subject to hydrolysis) is 1. The van der Waals surface area contributed by atoms with E-state index < -0.39 is 11.7 Å². The molecule has 0 spiro atoms. The SMILES string of the molecule is CN(CCC#N)C(=O)CCCNC(=O)OC(C)(C)C. The molecule has 0 heterocycles. The lowest BCUT2D eigenvalue weighted by Crippen LogP contribution is -2.33. The Kier molecular flexibility index (Phi) is 7.57. The van der Waals surface area contributed by atoms with Gasteiger partial charge < -0.3 is 15.0 Å². The Morgan fingerprint density at radius 2 is 2.00 bits per heavy atom. The standard InChI is InChI=1S/C13H23N3O3/c1-13(2,3)19-12(18)15-9-5-7-11(17)16(4)10-6-8-14/h5-7,9-10H2,1-4H3,(H,15,18). The zero-order valence-electron chi connectivity index (χ0n) is 12.2. The number of amides is 2. The first-order valence-corrected chi connectivity index (χ1v) is 6.34. The first-order chi connectivity index (χ1) is 8.76. The van der Waals surface area contributed by atoms with Crippen molar-refractivity contribution >= 4 is 12.0 Å². The van der Waals surface area contributed by atoms with Crippen molar-refractivity contribution in [2.75, 3.05) is 20.1 Å². The molecule has 6 nitrogen and oxygen atoms in total. The third-order valence-electron chi connectivity index (χ3n) is 2.22. The summed E-state index contributed by atoms with van der Waals surface area (Å²) in [6.07, 6.45) is 0.753. The van der Waals surface area contributed by atoms with Crippen LogP contribution >= 0.6 is 0 Å². The number of carbonyl (C=O) groups excluding carboxylic acids is 2. The van der Waals surface area contributed by atoms with E-state index in [1.807, 2.05) is 6.07 Å². The number of hydrogen-bond donors (Lipinski definition) is 1. The fourth-order valence-electron chi connectivity index (χ4n) is 1.28. The topological polar surface area (TPSA) is 82.4 Å². The maximum Gasteiger partial charge on any atom is 0.407 e. The molecule has 0 aromatic heterocycles. The summed E-state index contributed by atoms with van der Waals surface area (Å²) in [7, 11) is 1.67. The molecule has 19 heavy (non-hydrogen) atoms. The van der Waals surface area contributed by atoms with E-state index in [0.29, 0.717) is 32.4 Å². The minimum Gasteiger partial charge on any atom is -0.444 e. The van der Waals surface area contributed by atoms with E-state index in [-0.39, 0.29) is 5.91 Å². The van der Waals surface area contributed by atoms with Crippen molar-refractivity contribution in [1.82, 2.24) is 10.2 Å². The van der Waals surface area contributed by atoms with E-state index in [2.05, 4.69) is 5.32 Å². The number of rotatable bonds is 6. The minimum absolute atomic E-state index is 0.0266. The Balaban J connectivity index is 3.72. The molecule has 0 fully saturated rings. The van der Waals surface area contributed by atoms with Crippen LogP contribution in [0.2, 0.25) is 0 Å². The van der Waals surface area contributed by atoms with Gasteiger partial charge in [-0.2, -0.15) is 5.26 Å². The van der Waals surface area contributed by atoms with Crippen LogP contribution < -0.4 is 5.32 Å². The zero-order valence-corrected chi connectivity index (χ0v) is 12.2. The largest absolute Gasteiger partial charge is 0.444 e. The van der Waals surface area contributed by atoms with E-state index in [4.69, 9.17) is 10.00 Å². The molecular formula is C13H23N3O3. The Morgan fingerprint density at radius 3 is 2.53 bits per heavy atom. The second-order valence-electron chi connectivity index (χ2n) is 5.26. The fraction of sp³-hybridized carbons (Fsp3) is 0.769. The highest BCUT2D eigenvalue weighted by atomic mass is 16.6. The van der Waals surface area contributed by atoms with Crippen LogP contribution in [0.1, 0.15) is 40.0 Å². The zero-order chi connectivity index (χ0) is 14.9. The van der Waals surface area contributed by atoms with Crippen molar-refractivity contribution < 1.29 is 14.3 Å². The molecule has 0 atom stereocenters. The number of nitrogens with one attached hydrogen (secondary N) is 1. The smallest absolute Gasteiger partial charge is 0.407 e. The van der Waals surface area contributed by atoms with Crippen molar-refractivity contribution in [3.05, 3.63) is 0 Å². The molecular weight excluding hydrogens is 246 g/mol. The molecule has 0 aromatic rings. The highest BCUT2D eigenvalue weighted by molar-refractivity contribution is 5.76. The van der Waals surface area contributed by atoms with Crippen molar-refractivity contribution in [3.8, 4) is 6.07 Å². The summed E-state index contributed by atoms with van der Waals surface area (Å²) in [5.74, 6) is -0.0266. The van der Waals surface area contributed by atoms with E-state index in [1.54, 1.807) is 27.8 Å². The highest BCUT2D eigenvalue weighted by Crippen LogP contribution is 2.06. The molecule has 0 unspecified atom stereocenters. The molecule has 0 aromatic carbocycles. The first kappa shape index (κ1) is 17.2. The van der Waals surface area contributed by atoms with Gasteiger partial charge in [0.05, 0.1) is 12.5 Å². The lowest BCUT2D eigenvalue weighted by atomic mass is 10.2. The van der Waals surface area contributed by atoms with Gasteiger partial charge in [-0.3, -0.25) is 4.79 Å². The maximum absolute atomic E-state index is 11.6. The molecule has 2 amide bonds. The molecule has 6 heteroatoms. The van der Waals surface area contributed by atoms with E-state index in [9.17, 15) is 9.59 Å². The van der Waals surface area contributed by atoms with Gasteiger partial charge in [0.25, 0.3) is 0 Å². The van der Waals surface area contributed by atoms with Gasteiger partial charge in [-0.05, 0) is 27.2 Å². The van der Waals surface area contributed by atoms with Crippen molar-refractivity contribution in [2.45, 2.75) is 45.6 Å². The van der Waals surface area contributed by atoms with Gasteiger partial charge in [0.1, 0.15) is 5.60 Å². The van der Waals surface area contributed by atoms with Gasteiger partial charge in [-0.1, -0.05) is 0 Å². The van der Waals surface area contributed by atoms with Gasteiger partial charge in [0.2, 0.25) is 5.91 Å². The molecule has 0 rings (SSSR count). The third kappa shape index (κ3) is 9.89. The number of carbonyl (C=O) groups is 2. The van der Waals surface area contributed by atoms with Crippen LogP contribution in [-0.4, -0.2) is 42.6 Å². The predicted octanol–water partition coefficient (Wildman–Crippen LogP) is 1.66. The van der Waals surface area contributed by atoms with Crippen LogP contribution in [0.5, 0.6) is 0 Å². The summed E-state index contributed by atoms with van der Waals surface area (Å²) in [4.78, 5) is 24.4. The predicted molar refractivity (Wildman–Crippen MR) is 71.3 cm³/mol.